The van der Waals surface area contributed by atoms with Gasteiger partial charge >= 0.3 is 0 Å². The first-order valence-electron chi connectivity index (χ1n) is 7.62. The lowest BCUT2D eigenvalue weighted by Crippen LogP contribution is -2.12. The van der Waals surface area contributed by atoms with E-state index < -0.39 is 0 Å². The molecule has 0 unspecified atom stereocenters. The average Bonchev–Trinajstić information content (AvgIpc) is 2.53. The molecule has 3 aromatic carbocycles. The molecule has 3 aromatic rings. The second-order valence-corrected chi connectivity index (χ2v) is 6.14. The van der Waals surface area contributed by atoms with Crippen molar-refractivity contribution in [1.82, 2.24) is 0 Å². The SMILES string of the molecule is Cc1cc2c(cc1N(C)C)Oc1cc(N)c3ccccc3c1N2. The standard InChI is InChI=1S/C19H19N3O/c1-11-8-15-17(10-16(11)22(2)3)23-18-9-14(20)12-6-4-5-7-13(12)19(18)21-15/h4-10,21H,20H2,1-3H3. The van der Waals surface area contributed by atoms with Crippen molar-refractivity contribution in [3.05, 3.63) is 48.0 Å². The van der Waals surface area contributed by atoms with E-state index in [0.29, 0.717) is 0 Å². The highest BCUT2D eigenvalue weighted by molar-refractivity contribution is 6.06. The van der Waals surface area contributed by atoms with E-state index in [-0.39, 0.29) is 0 Å². The minimum Gasteiger partial charge on any atom is -0.453 e. The third-order valence-electron chi connectivity index (χ3n) is 4.30. The summed E-state index contributed by atoms with van der Waals surface area (Å²) in [6.45, 7) is 2.11. The summed E-state index contributed by atoms with van der Waals surface area (Å²) in [6, 6.07) is 14.2. The highest BCUT2D eigenvalue weighted by Crippen LogP contribution is 2.48. The number of rotatable bonds is 1. The molecule has 0 atom stereocenters. The van der Waals surface area contributed by atoms with Crippen LogP contribution in [-0.2, 0) is 0 Å². The van der Waals surface area contributed by atoms with Crippen molar-refractivity contribution in [3.8, 4) is 11.5 Å². The van der Waals surface area contributed by atoms with Crippen molar-refractivity contribution >= 4 is 33.5 Å². The molecule has 0 bridgehead atoms. The fourth-order valence-corrected chi connectivity index (χ4v) is 3.18. The van der Waals surface area contributed by atoms with Gasteiger partial charge in [0.05, 0.1) is 11.4 Å². The van der Waals surface area contributed by atoms with Crippen LogP contribution in [0.4, 0.5) is 22.7 Å². The molecule has 1 aliphatic rings. The molecule has 4 nitrogen and oxygen atoms in total. The van der Waals surface area contributed by atoms with Crippen LogP contribution in [0.25, 0.3) is 10.8 Å². The number of nitrogens with two attached hydrogens (primary N) is 1. The molecule has 4 rings (SSSR count). The average molecular weight is 305 g/mol. The topological polar surface area (TPSA) is 50.5 Å². The zero-order chi connectivity index (χ0) is 16.1. The van der Waals surface area contributed by atoms with Crippen molar-refractivity contribution in [3.63, 3.8) is 0 Å². The number of benzene rings is 3. The maximum Gasteiger partial charge on any atom is 0.153 e. The van der Waals surface area contributed by atoms with Gasteiger partial charge in [0.25, 0.3) is 0 Å². The van der Waals surface area contributed by atoms with Crippen LogP contribution in [0.3, 0.4) is 0 Å². The van der Waals surface area contributed by atoms with Crippen LogP contribution in [0.2, 0.25) is 0 Å². The Morgan fingerprint density at radius 2 is 1.74 bits per heavy atom. The lowest BCUT2D eigenvalue weighted by atomic mass is 10.0. The maximum absolute atomic E-state index is 6.19. The minimum absolute atomic E-state index is 0.726. The molecule has 0 saturated heterocycles. The summed E-state index contributed by atoms with van der Waals surface area (Å²) in [7, 11) is 4.06. The molecular weight excluding hydrogens is 286 g/mol. The number of ether oxygens (including phenoxy) is 1. The van der Waals surface area contributed by atoms with Gasteiger partial charge in [-0.1, -0.05) is 24.3 Å². The van der Waals surface area contributed by atoms with E-state index in [1.54, 1.807) is 0 Å². The Kier molecular flexibility index (Phi) is 2.88. The van der Waals surface area contributed by atoms with Gasteiger partial charge in [-0.05, 0) is 18.6 Å². The van der Waals surface area contributed by atoms with Gasteiger partial charge in [-0.2, -0.15) is 0 Å². The zero-order valence-electron chi connectivity index (χ0n) is 13.5. The maximum atomic E-state index is 6.19. The number of fused-ring (bicyclic) bond motifs is 4. The van der Waals surface area contributed by atoms with Gasteiger partial charge in [-0.15, -0.1) is 0 Å². The van der Waals surface area contributed by atoms with Gasteiger partial charge in [0.15, 0.2) is 11.5 Å². The summed E-state index contributed by atoms with van der Waals surface area (Å²) in [5, 5.41) is 5.63. The Hall–Kier alpha value is -2.88. The summed E-state index contributed by atoms with van der Waals surface area (Å²) >= 11 is 0. The van der Waals surface area contributed by atoms with Crippen LogP contribution in [0, 0.1) is 6.92 Å². The monoisotopic (exact) mass is 305 g/mol. The van der Waals surface area contributed by atoms with E-state index in [0.717, 1.165) is 45.0 Å². The van der Waals surface area contributed by atoms with Crippen LogP contribution in [0.1, 0.15) is 5.56 Å². The fourth-order valence-electron chi connectivity index (χ4n) is 3.18. The number of nitrogen functional groups attached to an aromatic ring is 1. The molecule has 116 valence electrons. The molecule has 1 heterocycles. The first kappa shape index (κ1) is 13.8. The molecule has 0 amide bonds. The number of aryl methyl sites for hydroxylation is 1. The summed E-state index contributed by atoms with van der Waals surface area (Å²) in [5.74, 6) is 1.59. The molecular formula is C19H19N3O. The minimum atomic E-state index is 0.726. The second kappa shape index (κ2) is 4.81. The molecule has 23 heavy (non-hydrogen) atoms. The molecule has 0 radical (unpaired) electrons. The summed E-state index contributed by atoms with van der Waals surface area (Å²) in [6.07, 6.45) is 0. The smallest absolute Gasteiger partial charge is 0.153 e. The van der Waals surface area contributed by atoms with Crippen LogP contribution >= 0.6 is 0 Å². The van der Waals surface area contributed by atoms with E-state index in [2.05, 4.69) is 35.3 Å². The Morgan fingerprint density at radius 1 is 1.00 bits per heavy atom. The highest BCUT2D eigenvalue weighted by Gasteiger charge is 2.21. The van der Waals surface area contributed by atoms with Crippen molar-refractivity contribution in [1.29, 1.82) is 0 Å². The molecule has 3 N–H and O–H groups in total. The quantitative estimate of drug-likeness (QED) is 0.503. The first-order chi connectivity index (χ1) is 11.0. The number of hydrogen-bond acceptors (Lipinski definition) is 4. The normalized spacial score (nSPS) is 12.1. The molecule has 0 saturated carbocycles. The largest absolute Gasteiger partial charge is 0.453 e. The summed E-state index contributed by atoms with van der Waals surface area (Å²) in [5.41, 5.74) is 11.2. The number of anilines is 4. The molecule has 0 spiro atoms. The van der Waals surface area contributed by atoms with Crippen LogP contribution < -0.4 is 20.7 Å². The summed E-state index contributed by atoms with van der Waals surface area (Å²) < 4.78 is 6.14. The van der Waals surface area contributed by atoms with E-state index in [9.17, 15) is 0 Å². The van der Waals surface area contributed by atoms with Gasteiger partial charge in [0.1, 0.15) is 0 Å². The van der Waals surface area contributed by atoms with E-state index >= 15 is 0 Å². The Morgan fingerprint density at radius 3 is 2.48 bits per heavy atom. The van der Waals surface area contributed by atoms with Crippen LogP contribution in [-0.4, -0.2) is 14.1 Å². The van der Waals surface area contributed by atoms with E-state index in [1.165, 1.54) is 5.56 Å². The van der Waals surface area contributed by atoms with Gasteiger partial charge in [-0.3, -0.25) is 0 Å². The van der Waals surface area contributed by atoms with Gasteiger partial charge < -0.3 is 20.7 Å². The van der Waals surface area contributed by atoms with Crippen LogP contribution in [0.5, 0.6) is 11.5 Å². The van der Waals surface area contributed by atoms with Crippen molar-refractivity contribution < 1.29 is 4.74 Å². The summed E-state index contributed by atoms with van der Waals surface area (Å²) in [4.78, 5) is 2.09. The van der Waals surface area contributed by atoms with Gasteiger partial charge in [0.2, 0.25) is 0 Å². The van der Waals surface area contributed by atoms with Crippen molar-refractivity contribution in [2.24, 2.45) is 0 Å². The van der Waals surface area contributed by atoms with Gasteiger partial charge in [-0.25, -0.2) is 0 Å². The Balaban J connectivity index is 1.91. The van der Waals surface area contributed by atoms with Crippen LogP contribution in [0.15, 0.2) is 42.5 Å². The van der Waals surface area contributed by atoms with Gasteiger partial charge in [0, 0.05) is 48.4 Å². The number of nitrogens with zero attached hydrogens (tertiary/aromatic N) is 1. The first-order valence-corrected chi connectivity index (χ1v) is 7.62. The lowest BCUT2D eigenvalue weighted by molar-refractivity contribution is 0.482. The number of nitrogens with one attached hydrogen (secondary N) is 1. The van der Waals surface area contributed by atoms with E-state index in [1.807, 2.05) is 38.4 Å². The predicted octanol–water partition coefficient (Wildman–Crippen LogP) is 4.65. The molecule has 0 fully saturated rings. The predicted molar refractivity (Wildman–Crippen MR) is 97.2 cm³/mol. The second-order valence-electron chi connectivity index (χ2n) is 6.14. The Bertz CT molecular complexity index is 932. The third-order valence-corrected chi connectivity index (χ3v) is 4.30. The number of hydrogen-bond donors (Lipinski definition) is 2. The molecule has 4 heteroatoms. The molecule has 1 aliphatic heterocycles. The third kappa shape index (κ3) is 2.06. The Labute approximate surface area is 135 Å². The highest BCUT2D eigenvalue weighted by atomic mass is 16.5. The lowest BCUT2D eigenvalue weighted by Gasteiger charge is -2.26. The van der Waals surface area contributed by atoms with Crippen molar-refractivity contribution in [2.45, 2.75) is 6.92 Å². The van der Waals surface area contributed by atoms with Crippen molar-refractivity contribution in [2.75, 3.05) is 30.0 Å². The molecule has 0 aromatic heterocycles. The molecule has 0 aliphatic carbocycles. The zero-order valence-corrected chi connectivity index (χ0v) is 13.5. The fraction of sp³-hybridized carbons (Fsp3) is 0.158. The van der Waals surface area contributed by atoms with E-state index in [4.69, 9.17) is 10.5 Å².